The van der Waals surface area contributed by atoms with Crippen LogP contribution in [-0.4, -0.2) is 15.3 Å². The molecular formula is C23H20FN3OS. The molecule has 0 fully saturated rings. The highest BCUT2D eigenvalue weighted by molar-refractivity contribution is 7.98. The van der Waals surface area contributed by atoms with Gasteiger partial charge in [-0.15, -0.1) is 11.8 Å². The summed E-state index contributed by atoms with van der Waals surface area (Å²) in [6.45, 7) is 1.85. The van der Waals surface area contributed by atoms with E-state index >= 15 is 0 Å². The van der Waals surface area contributed by atoms with Crippen molar-refractivity contribution in [1.82, 2.24) is 14.7 Å². The number of fused-ring (bicyclic) bond motifs is 1. The Balaban J connectivity index is 1.47. The van der Waals surface area contributed by atoms with E-state index in [1.54, 1.807) is 30.0 Å². The molecule has 4 aromatic rings. The number of rotatable bonds is 6. The Bertz CT molecular complexity index is 1120. The van der Waals surface area contributed by atoms with E-state index in [9.17, 15) is 9.18 Å². The zero-order chi connectivity index (χ0) is 20.2. The summed E-state index contributed by atoms with van der Waals surface area (Å²) < 4.78 is 15.4. The van der Waals surface area contributed by atoms with Crippen molar-refractivity contribution in [3.8, 4) is 0 Å². The van der Waals surface area contributed by atoms with Gasteiger partial charge >= 0.3 is 0 Å². The lowest BCUT2D eigenvalue weighted by Gasteiger charge is -2.16. The summed E-state index contributed by atoms with van der Waals surface area (Å²) in [6, 6.07) is 19.4. The van der Waals surface area contributed by atoms with Crippen molar-refractivity contribution in [2.75, 3.05) is 0 Å². The van der Waals surface area contributed by atoms with Crippen LogP contribution >= 0.6 is 11.8 Å². The molecule has 1 amide bonds. The molecule has 0 spiro atoms. The van der Waals surface area contributed by atoms with Crippen LogP contribution in [0, 0.1) is 5.82 Å². The van der Waals surface area contributed by atoms with Crippen LogP contribution in [0.5, 0.6) is 0 Å². The number of carbonyl (C=O) groups excluding carboxylic acids is 1. The number of aromatic nitrogens is 2. The van der Waals surface area contributed by atoms with Crippen LogP contribution in [0.4, 0.5) is 4.39 Å². The third-order valence-electron chi connectivity index (χ3n) is 4.62. The van der Waals surface area contributed by atoms with E-state index in [1.165, 1.54) is 12.1 Å². The maximum Gasteiger partial charge on any atom is 0.252 e. The van der Waals surface area contributed by atoms with Crippen molar-refractivity contribution in [2.45, 2.75) is 23.6 Å². The Labute approximate surface area is 172 Å². The second kappa shape index (κ2) is 8.49. The fraction of sp³-hybridized carbons (Fsp3) is 0.130. The average molecular weight is 405 g/mol. The fourth-order valence-electron chi connectivity index (χ4n) is 3.12. The summed E-state index contributed by atoms with van der Waals surface area (Å²) in [4.78, 5) is 18.3. The molecule has 0 aliphatic carbocycles. The van der Waals surface area contributed by atoms with Crippen LogP contribution in [-0.2, 0) is 5.75 Å². The first-order chi connectivity index (χ1) is 14.1. The van der Waals surface area contributed by atoms with Crippen molar-refractivity contribution >= 4 is 23.3 Å². The first kappa shape index (κ1) is 19.2. The number of nitrogens with one attached hydrogen (secondary N) is 1. The number of hydrogen-bond acceptors (Lipinski definition) is 3. The summed E-state index contributed by atoms with van der Waals surface area (Å²) in [6.07, 6.45) is 3.96. The summed E-state index contributed by atoms with van der Waals surface area (Å²) in [7, 11) is 0. The molecule has 0 bridgehead atoms. The van der Waals surface area contributed by atoms with Gasteiger partial charge in [-0.1, -0.05) is 30.3 Å². The number of pyridine rings is 1. The molecule has 29 heavy (non-hydrogen) atoms. The number of benzene rings is 2. The van der Waals surface area contributed by atoms with Crippen LogP contribution in [0.1, 0.15) is 34.6 Å². The van der Waals surface area contributed by atoms with E-state index in [1.807, 2.05) is 60.1 Å². The van der Waals surface area contributed by atoms with Gasteiger partial charge in [-0.25, -0.2) is 9.37 Å². The Hall–Kier alpha value is -3.12. The lowest BCUT2D eigenvalue weighted by molar-refractivity contribution is 0.0937. The molecule has 2 heterocycles. The quantitative estimate of drug-likeness (QED) is 0.445. The highest BCUT2D eigenvalue weighted by Crippen LogP contribution is 2.27. The molecule has 2 aromatic carbocycles. The number of nitrogens with zero attached hydrogens (tertiary/aromatic N) is 2. The first-order valence-electron chi connectivity index (χ1n) is 9.31. The van der Waals surface area contributed by atoms with E-state index < -0.39 is 0 Å². The van der Waals surface area contributed by atoms with Crippen molar-refractivity contribution in [2.24, 2.45) is 0 Å². The first-order valence-corrected chi connectivity index (χ1v) is 10.3. The number of thioether (sulfide) groups is 1. The fourth-order valence-corrected chi connectivity index (χ4v) is 4.06. The Morgan fingerprint density at radius 2 is 1.97 bits per heavy atom. The summed E-state index contributed by atoms with van der Waals surface area (Å²) in [5, 5.41) is 2.96. The number of carbonyl (C=O) groups is 1. The van der Waals surface area contributed by atoms with Crippen LogP contribution in [0.2, 0.25) is 0 Å². The van der Waals surface area contributed by atoms with Gasteiger partial charge in [0.2, 0.25) is 0 Å². The summed E-state index contributed by atoms with van der Waals surface area (Å²) in [5.41, 5.74) is 3.18. The predicted octanol–water partition coefficient (Wildman–Crippen LogP) is 5.26. The van der Waals surface area contributed by atoms with E-state index in [-0.39, 0.29) is 17.8 Å². The van der Waals surface area contributed by atoms with E-state index in [2.05, 4.69) is 10.3 Å². The topological polar surface area (TPSA) is 46.4 Å². The van der Waals surface area contributed by atoms with Crippen molar-refractivity contribution in [3.05, 3.63) is 102 Å². The predicted molar refractivity (Wildman–Crippen MR) is 113 cm³/mol. The van der Waals surface area contributed by atoms with E-state index in [4.69, 9.17) is 0 Å². The van der Waals surface area contributed by atoms with E-state index in [0.29, 0.717) is 11.3 Å². The number of hydrogen-bond donors (Lipinski definition) is 1. The molecule has 0 radical (unpaired) electrons. The van der Waals surface area contributed by atoms with Gasteiger partial charge in [-0.2, -0.15) is 0 Å². The van der Waals surface area contributed by atoms with Crippen LogP contribution < -0.4 is 5.32 Å². The maximum absolute atomic E-state index is 13.5. The third-order valence-corrected chi connectivity index (χ3v) is 5.72. The third kappa shape index (κ3) is 4.49. The monoisotopic (exact) mass is 405 g/mol. The van der Waals surface area contributed by atoms with E-state index in [0.717, 1.165) is 21.8 Å². The smallest absolute Gasteiger partial charge is 0.252 e. The molecule has 6 heteroatoms. The second-order valence-corrected chi connectivity index (χ2v) is 7.75. The Kier molecular flexibility index (Phi) is 5.62. The van der Waals surface area contributed by atoms with Crippen LogP contribution in [0.25, 0.3) is 5.65 Å². The van der Waals surface area contributed by atoms with Gasteiger partial charge in [0.05, 0.1) is 17.3 Å². The minimum atomic E-state index is -0.313. The Morgan fingerprint density at radius 1 is 1.14 bits per heavy atom. The number of imidazole rings is 1. The Morgan fingerprint density at radius 3 is 2.79 bits per heavy atom. The molecule has 1 N–H and O–H groups in total. The van der Waals surface area contributed by atoms with Crippen LogP contribution in [0.3, 0.4) is 0 Å². The number of halogens is 1. The molecule has 4 rings (SSSR count). The van der Waals surface area contributed by atoms with Gasteiger partial charge in [0, 0.05) is 23.0 Å². The molecule has 2 aromatic heterocycles. The van der Waals surface area contributed by atoms with Crippen LogP contribution in [0.15, 0.2) is 84.0 Å². The van der Waals surface area contributed by atoms with Gasteiger partial charge < -0.3 is 9.72 Å². The van der Waals surface area contributed by atoms with Gasteiger partial charge in [-0.3, -0.25) is 4.79 Å². The average Bonchev–Trinajstić information content (AvgIpc) is 3.15. The SMILES string of the molecule is C[C@@H](NC(=O)c1ccccc1SCc1cn2ccccc2n1)c1cccc(F)c1. The van der Waals surface area contributed by atoms with Crippen molar-refractivity contribution < 1.29 is 9.18 Å². The second-order valence-electron chi connectivity index (χ2n) is 6.73. The molecular weight excluding hydrogens is 385 g/mol. The zero-order valence-corrected chi connectivity index (χ0v) is 16.7. The molecule has 0 saturated heterocycles. The van der Waals surface area contributed by atoms with Gasteiger partial charge in [0.1, 0.15) is 11.5 Å². The highest BCUT2D eigenvalue weighted by Gasteiger charge is 2.15. The number of amides is 1. The van der Waals surface area contributed by atoms with Gasteiger partial charge in [0.25, 0.3) is 5.91 Å². The highest BCUT2D eigenvalue weighted by atomic mass is 32.2. The van der Waals surface area contributed by atoms with Crippen molar-refractivity contribution in [3.63, 3.8) is 0 Å². The van der Waals surface area contributed by atoms with Gasteiger partial charge in [0.15, 0.2) is 0 Å². The minimum absolute atomic E-state index is 0.181. The summed E-state index contributed by atoms with van der Waals surface area (Å²) >= 11 is 1.57. The molecule has 0 aliphatic rings. The molecule has 146 valence electrons. The maximum atomic E-state index is 13.5. The minimum Gasteiger partial charge on any atom is -0.345 e. The largest absolute Gasteiger partial charge is 0.345 e. The molecule has 4 nitrogen and oxygen atoms in total. The van der Waals surface area contributed by atoms with Crippen molar-refractivity contribution in [1.29, 1.82) is 0 Å². The lowest BCUT2D eigenvalue weighted by Crippen LogP contribution is -2.27. The zero-order valence-electron chi connectivity index (χ0n) is 15.9. The lowest BCUT2D eigenvalue weighted by atomic mass is 10.1. The molecule has 0 saturated carbocycles. The molecule has 1 atom stereocenters. The standard InChI is InChI=1S/C23H20FN3OS/c1-16(17-7-6-8-18(24)13-17)25-23(28)20-9-2-3-10-21(20)29-15-19-14-27-12-5-4-11-22(27)26-19/h2-14,16H,15H2,1H3,(H,25,28)/t16-/m1/s1. The summed E-state index contributed by atoms with van der Waals surface area (Å²) in [5.74, 6) is 0.165. The molecule has 0 unspecified atom stereocenters. The molecule has 0 aliphatic heterocycles. The van der Waals surface area contributed by atoms with Gasteiger partial charge in [-0.05, 0) is 48.9 Å². The normalized spacial score (nSPS) is 12.1.